The molecule has 2 amide bonds. The van der Waals surface area contributed by atoms with Crippen molar-refractivity contribution in [3.05, 3.63) is 93.0 Å². The molecule has 0 aromatic heterocycles. The van der Waals surface area contributed by atoms with Gasteiger partial charge in [-0.05, 0) is 48.2 Å². The van der Waals surface area contributed by atoms with E-state index < -0.39 is 22.8 Å². The minimum Gasteiger partial charge on any atom is -0.493 e. The van der Waals surface area contributed by atoms with Crippen LogP contribution in [-0.4, -0.2) is 42.7 Å². The first kappa shape index (κ1) is 30.9. The zero-order valence-corrected chi connectivity index (χ0v) is 23.6. The van der Waals surface area contributed by atoms with Gasteiger partial charge in [0, 0.05) is 5.02 Å². The van der Waals surface area contributed by atoms with E-state index in [0.29, 0.717) is 17.2 Å². The Morgan fingerprint density at radius 1 is 1.05 bits per heavy atom. The molecule has 0 unspecified atom stereocenters. The fourth-order valence-corrected chi connectivity index (χ4v) is 3.82. The highest BCUT2D eigenvalue weighted by atomic mass is 35.5. The molecule has 0 heterocycles. The largest absolute Gasteiger partial charge is 0.493 e. The highest BCUT2D eigenvalue weighted by Crippen LogP contribution is 2.34. The Labute approximate surface area is 242 Å². The lowest BCUT2D eigenvalue weighted by atomic mass is 10.0. The van der Waals surface area contributed by atoms with E-state index in [2.05, 4.69) is 15.8 Å². The van der Waals surface area contributed by atoms with Gasteiger partial charge >= 0.3 is 0 Å². The molecule has 3 aromatic rings. The van der Waals surface area contributed by atoms with Crippen molar-refractivity contribution in [1.82, 2.24) is 10.7 Å². The molecule has 0 spiro atoms. The van der Waals surface area contributed by atoms with Crippen LogP contribution in [0.3, 0.4) is 0 Å². The normalized spacial score (nSPS) is 11.6. The number of carbonyl (C=O) groups excluding carboxylic acids is 2. The number of carbonyl (C=O) groups is 2. The van der Waals surface area contributed by atoms with Gasteiger partial charge in [-0.25, -0.2) is 5.43 Å². The molecular weight excluding hydrogens is 552 g/mol. The number of benzene rings is 3. The summed E-state index contributed by atoms with van der Waals surface area (Å²) in [5.41, 5.74) is 3.02. The number of nitrogens with zero attached hydrogens (tertiary/aromatic N) is 2. The molecule has 41 heavy (non-hydrogen) atoms. The molecule has 0 aliphatic rings. The number of hydrogen-bond donors (Lipinski definition) is 2. The van der Waals surface area contributed by atoms with Crippen LogP contribution in [0.25, 0.3) is 0 Å². The molecule has 12 heteroatoms. The zero-order valence-electron chi connectivity index (χ0n) is 22.8. The van der Waals surface area contributed by atoms with Crippen LogP contribution in [0.1, 0.15) is 31.4 Å². The molecule has 3 aromatic carbocycles. The maximum atomic E-state index is 12.9. The quantitative estimate of drug-likeness (QED) is 0.156. The molecule has 0 aliphatic carbocycles. The van der Waals surface area contributed by atoms with Gasteiger partial charge in [-0.3, -0.25) is 19.7 Å². The third-order valence-corrected chi connectivity index (χ3v) is 5.92. The molecule has 0 saturated heterocycles. The van der Waals surface area contributed by atoms with Crippen molar-refractivity contribution in [2.75, 3.05) is 13.7 Å². The molecule has 1 atom stereocenters. The molecule has 2 N–H and O–H groups in total. The zero-order chi connectivity index (χ0) is 29.8. The number of methoxy groups -OCH3 is 1. The molecule has 3 rings (SSSR count). The van der Waals surface area contributed by atoms with Gasteiger partial charge in [0.1, 0.15) is 18.4 Å². The first-order chi connectivity index (χ1) is 19.7. The third kappa shape index (κ3) is 9.80. The maximum absolute atomic E-state index is 12.9. The summed E-state index contributed by atoms with van der Waals surface area (Å²) in [6, 6.07) is 17.6. The Balaban J connectivity index is 1.67. The van der Waals surface area contributed by atoms with Crippen molar-refractivity contribution >= 4 is 35.3 Å². The van der Waals surface area contributed by atoms with Gasteiger partial charge in [0.25, 0.3) is 17.5 Å². The van der Waals surface area contributed by atoms with Crippen LogP contribution in [0, 0.1) is 16.0 Å². The summed E-state index contributed by atoms with van der Waals surface area (Å²) in [4.78, 5) is 36.5. The topological polar surface area (TPSA) is 141 Å². The smallest absolute Gasteiger partial charge is 0.282 e. The van der Waals surface area contributed by atoms with Crippen molar-refractivity contribution in [2.24, 2.45) is 11.0 Å². The van der Waals surface area contributed by atoms with Gasteiger partial charge in [-0.1, -0.05) is 55.8 Å². The van der Waals surface area contributed by atoms with E-state index in [1.165, 1.54) is 19.2 Å². The van der Waals surface area contributed by atoms with Crippen LogP contribution in [0.4, 0.5) is 5.69 Å². The number of rotatable bonds is 14. The van der Waals surface area contributed by atoms with Crippen LogP contribution in [-0.2, 0) is 16.2 Å². The van der Waals surface area contributed by atoms with E-state index in [1.807, 2.05) is 44.2 Å². The third-order valence-electron chi connectivity index (χ3n) is 5.67. The van der Waals surface area contributed by atoms with Crippen LogP contribution in [0.5, 0.6) is 17.2 Å². The van der Waals surface area contributed by atoms with Crippen LogP contribution >= 0.6 is 11.6 Å². The van der Waals surface area contributed by atoms with Crippen molar-refractivity contribution in [3.63, 3.8) is 0 Å². The van der Waals surface area contributed by atoms with Crippen molar-refractivity contribution in [2.45, 2.75) is 32.9 Å². The number of amides is 2. The lowest BCUT2D eigenvalue weighted by Crippen LogP contribution is -2.47. The Hall–Kier alpha value is -4.64. The van der Waals surface area contributed by atoms with E-state index in [9.17, 15) is 19.7 Å². The number of hydrazone groups is 1. The van der Waals surface area contributed by atoms with E-state index in [-0.39, 0.29) is 41.9 Å². The van der Waals surface area contributed by atoms with Crippen molar-refractivity contribution < 1.29 is 28.7 Å². The van der Waals surface area contributed by atoms with Gasteiger partial charge in [-0.2, -0.15) is 5.10 Å². The lowest BCUT2D eigenvalue weighted by molar-refractivity contribution is -0.385. The van der Waals surface area contributed by atoms with Crippen molar-refractivity contribution in [1.29, 1.82) is 0 Å². The molecule has 0 aliphatic heterocycles. The van der Waals surface area contributed by atoms with E-state index in [4.69, 9.17) is 25.8 Å². The second-order valence-electron chi connectivity index (χ2n) is 9.32. The summed E-state index contributed by atoms with van der Waals surface area (Å²) in [5.74, 6) is -0.133. The van der Waals surface area contributed by atoms with E-state index in [1.54, 1.807) is 24.3 Å². The molecule has 11 nitrogen and oxygen atoms in total. The summed E-state index contributed by atoms with van der Waals surface area (Å²) in [6.07, 6.45) is 1.47. The highest BCUT2D eigenvalue weighted by molar-refractivity contribution is 6.30. The summed E-state index contributed by atoms with van der Waals surface area (Å²) in [5, 5.41) is 18.8. The number of nitrogens with one attached hydrogen (secondary N) is 2. The van der Waals surface area contributed by atoms with E-state index in [0.717, 1.165) is 11.8 Å². The fraction of sp³-hybridized carbons (Fsp3) is 0.276. The lowest BCUT2D eigenvalue weighted by Gasteiger charge is -2.19. The molecule has 0 bridgehead atoms. The van der Waals surface area contributed by atoms with Gasteiger partial charge in [-0.15, -0.1) is 0 Å². The second kappa shape index (κ2) is 15.2. The fourth-order valence-electron chi connectivity index (χ4n) is 3.70. The molecule has 0 radical (unpaired) electrons. The van der Waals surface area contributed by atoms with E-state index >= 15 is 0 Å². The minimum atomic E-state index is -0.910. The number of hydrogen-bond acceptors (Lipinski definition) is 8. The first-order valence-electron chi connectivity index (χ1n) is 12.7. The average Bonchev–Trinajstić information content (AvgIpc) is 2.95. The van der Waals surface area contributed by atoms with Crippen LogP contribution < -0.4 is 25.0 Å². The monoisotopic (exact) mass is 582 g/mol. The SMILES string of the molecule is COc1cc(/C=N\NC(=O)[C@@H](CC(C)C)NC(=O)COc2ccc(Cl)cc2)c([N+](=O)[O-])cc1OCc1ccccc1. The molecule has 216 valence electrons. The number of halogens is 1. The number of nitro benzene ring substituents is 1. The second-order valence-corrected chi connectivity index (χ2v) is 9.76. The Morgan fingerprint density at radius 2 is 1.76 bits per heavy atom. The van der Waals surface area contributed by atoms with Crippen LogP contribution in [0.15, 0.2) is 71.8 Å². The van der Waals surface area contributed by atoms with Gasteiger partial charge in [0.15, 0.2) is 18.1 Å². The number of nitro groups is 1. The molecule has 0 saturated carbocycles. The molecular formula is C29H31ClN4O7. The van der Waals surface area contributed by atoms with Crippen LogP contribution in [0.2, 0.25) is 5.02 Å². The van der Waals surface area contributed by atoms with Gasteiger partial charge in [0.2, 0.25) is 0 Å². The predicted molar refractivity (Wildman–Crippen MR) is 154 cm³/mol. The summed E-state index contributed by atoms with van der Waals surface area (Å²) < 4.78 is 16.6. The van der Waals surface area contributed by atoms with Crippen molar-refractivity contribution in [3.8, 4) is 17.2 Å². The van der Waals surface area contributed by atoms with Gasteiger partial charge < -0.3 is 19.5 Å². The minimum absolute atomic E-state index is 0.0704. The first-order valence-corrected chi connectivity index (χ1v) is 13.1. The Kier molecular flexibility index (Phi) is 11.5. The Bertz CT molecular complexity index is 1370. The Morgan fingerprint density at radius 3 is 2.39 bits per heavy atom. The molecule has 0 fully saturated rings. The van der Waals surface area contributed by atoms with Gasteiger partial charge in [0.05, 0.1) is 29.9 Å². The highest BCUT2D eigenvalue weighted by Gasteiger charge is 2.23. The number of ether oxygens (including phenoxy) is 3. The predicted octanol–water partition coefficient (Wildman–Crippen LogP) is 4.90. The summed E-state index contributed by atoms with van der Waals surface area (Å²) in [6.45, 7) is 3.68. The average molecular weight is 583 g/mol. The summed E-state index contributed by atoms with van der Waals surface area (Å²) in [7, 11) is 1.41. The summed E-state index contributed by atoms with van der Waals surface area (Å²) >= 11 is 5.85. The standard InChI is InChI=1S/C29H31ClN4O7/c1-19(2)13-24(32-28(35)18-40-23-11-9-22(30)10-12-23)29(36)33-31-16-21-14-26(39-3)27(15-25(21)34(37)38)41-17-20-7-5-4-6-8-20/h4-12,14-16,19,24H,13,17-18H2,1-3H3,(H,32,35)(H,33,36)/b31-16-/t24-/m1/s1. The maximum Gasteiger partial charge on any atom is 0.282 e.